The minimum absolute atomic E-state index is 0.246. The maximum Gasteiger partial charge on any atom is 0.257 e. The van der Waals surface area contributed by atoms with Crippen LogP contribution >= 0.6 is 23.8 Å². The number of aromatic nitrogens is 1. The van der Waals surface area contributed by atoms with Gasteiger partial charge in [-0.3, -0.25) is 9.78 Å². The summed E-state index contributed by atoms with van der Waals surface area (Å²) in [6.07, 6.45) is 0. The minimum atomic E-state index is -0.276. The van der Waals surface area contributed by atoms with Gasteiger partial charge in [0.05, 0.1) is 22.0 Å². The molecule has 0 unspecified atom stereocenters. The second-order valence-corrected chi connectivity index (χ2v) is 5.45. The van der Waals surface area contributed by atoms with Crippen molar-refractivity contribution in [3.05, 3.63) is 57.9 Å². The van der Waals surface area contributed by atoms with Crippen LogP contribution in [0.4, 0.5) is 5.69 Å². The van der Waals surface area contributed by atoms with Crippen LogP contribution in [0.2, 0.25) is 5.02 Å². The summed E-state index contributed by atoms with van der Waals surface area (Å²) in [5.41, 5.74) is 8.71. The standard InChI is InChI=1S/C15H14ClN3OS/c1-8-3-5-11(9(2)18-8)15(20)19-13-7-10(14(17)21)4-6-12(13)16/h3-7H,1-2H3,(H2,17,21)(H,19,20). The predicted octanol–water partition coefficient (Wildman–Crippen LogP) is 3.24. The first-order valence-electron chi connectivity index (χ1n) is 6.23. The molecule has 0 spiro atoms. The molecular formula is C15H14ClN3OS. The first-order chi connectivity index (χ1) is 9.88. The molecule has 1 aromatic carbocycles. The molecule has 4 nitrogen and oxygen atoms in total. The number of aryl methyl sites for hydroxylation is 2. The highest BCUT2D eigenvalue weighted by Crippen LogP contribution is 2.24. The van der Waals surface area contributed by atoms with E-state index in [9.17, 15) is 4.79 Å². The lowest BCUT2D eigenvalue weighted by molar-refractivity contribution is 0.102. The predicted molar refractivity (Wildman–Crippen MR) is 89.0 cm³/mol. The number of amides is 1. The van der Waals surface area contributed by atoms with Gasteiger partial charge < -0.3 is 11.1 Å². The van der Waals surface area contributed by atoms with Gasteiger partial charge in [0, 0.05) is 11.3 Å². The Morgan fingerprint density at radius 2 is 2.00 bits per heavy atom. The summed E-state index contributed by atoms with van der Waals surface area (Å²) in [5.74, 6) is -0.276. The Morgan fingerprint density at radius 1 is 1.29 bits per heavy atom. The summed E-state index contributed by atoms with van der Waals surface area (Å²) >= 11 is 11.0. The van der Waals surface area contributed by atoms with Gasteiger partial charge in [0.1, 0.15) is 4.99 Å². The number of nitrogens with zero attached hydrogens (tertiary/aromatic N) is 1. The van der Waals surface area contributed by atoms with Crippen molar-refractivity contribution < 1.29 is 4.79 Å². The summed E-state index contributed by atoms with van der Waals surface area (Å²) in [5, 5.41) is 3.17. The largest absolute Gasteiger partial charge is 0.389 e. The molecule has 0 saturated carbocycles. The highest BCUT2D eigenvalue weighted by molar-refractivity contribution is 7.80. The van der Waals surface area contributed by atoms with Crippen molar-refractivity contribution in [2.24, 2.45) is 5.73 Å². The molecule has 1 aromatic heterocycles. The summed E-state index contributed by atoms with van der Waals surface area (Å²) in [6, 6.07) is 8.53. The molecule has 0 bridgehead atoms. The number of nitrogens with two attached hydrogens (primary N) is 1. The highest BCUT2D eigenvalue weighted by atomic mass is 35.5. The van der Waals surface area contributed by atoms with Gasteiger partial charge in [0.2, 0.25) is 0 Å². The van der Waals surface area contributed by atoms with E-state index in [1.54, 1.807) is 37.3 Å². The number of carbonyl (C=O) groups is 1. The van der Waals surface area contributed by atoms with Gasteiger partial charge >= 0.3 is 0 Å². The maximum absolute atomic E-state index is 12.3. The van der Waals surface area contributed by atoms with E-state index in [4.69, 9.17) is 29.6 Å². The summed E-state index contributed by atoms with van der Waals surface area (Å²) in [6.45, 7) is 3.66. The van der Waals surface area contributed by atoms with Crippen LogP contribution in [0.15, 0.2) is 30.3 Å². The van der Waals surface area contributed by atoms with Crippen LogP contribution in [0.1, 0.15) is 27.3 Å². The fourth-order valence-electron chi connectivity index (χ4n) is 1.89. The number of rotatable bonds is 3. The van der Waals surface area contributed by atoms with Gasteiger partial charge in [-0.2, -0.15) is 0 Å². The molecule has 1 heterocycles. The molecule has 0 aliphatic rings. The van der Waals surface area contributed by atoms with Crippen molar-refractivity contribution in [2.75, 3.05) is 5.32 Å². The van der Waals surface area contributed by atoms with Gasteiger partial charge in [0.25, 0.3) is 5.91 Å². The van der Waals surface area contributed by atoms with E-state index < -0.39 is 0 Å². The third-order valence-electron chi connectivity index (χ3n) is 2.97. The van der Waals surface area contributed by atoms with Crippen LogP contribution in [0.3, 0.4) is 0 Å². The van der Waals surface area contributed by atoms with Crippen molar-refractivity contribution in [1.29, 1.82) is 0 Å². The van der Waals surface area contributed by atoms with E-state index in [0.717, 1.165) is 5.69 Å². The number of nitrogens with one attached hydrogen (secondary N) is 1. The molecule has 0 radical (unpaired) electrons. The van der Waals surface area contributed by atoms with Crippen molar-refractivity contribution in [3.8, 4) is 0 Å². The number of anilines is 1. The van der Waals surface area contributed by atoms with Crippen LogP contribution in [0, 0.1) is 13.8 Å². The lowest BCUT2D eigenvalue weighted by Gasteiger charge is -2.10. The topological polar surface area (TPSA) is 68.0 Å². The number of carbonyl (C=O) groups excluding carboxylic acids is 1. The number of hydrogen-bond acceptors (Lipinski definition) is 3. The Kier molecular flexibility index (Phi) is 4.55. The van der Waals surface area contributed by atoms with Crippen molar-refractivity contribution in [2.45, 2.75) is 13.8 Å². The minimum Gasteiger partial charge on any atom is -0.389 e. The second kappa shape index (κ2) is 6.20. The Bertz CT molecular complexity index is 731. The molecule has 1 amide bonds. The maximum atomic E-state index is 12.3. The molecule has 21 heavy (non-hydrogen) atoms. The molecule has 6 heteroatoms. The third kappa shape index (κ3) is 3.56. The van der Waals surface area contributed by atoms with Crippen LogP contribution in [0.5, 0.6) is 0 Å². The Morgan fingerprint density at radius 3 is 2.62 bits per heavy atom. The van der Waals surface area contributed by atoms with Crippen molar-refractivity contribution in [1.82, 2.24) is 4.98 Å². The van der Waals surface area contributed by atoms with E-state index in [1.165, 1.54) is 0 Å². The van der Waals surface area contributed by atoms with E-state index in [2.05, 4.69) is 10.3 Å². The molecule has 0 atom stereocenters. The van der Waals surface area contributed by atoms with Gasteiger partial charge in [-0.15, -0.1) is 0 Å². The third-order valence-corrected chi connectivity index (χ3v) is 3.53. The monoisotopic (exact) mass is 319 g/mol. The lowest BCUT2D eigenvalue weighted by atomic mass is 10.1. The fraction of sp³-hybridized carbons (Fsp3) is 0.133. The van der Waals surface area contributed by atoms with Crippen molar-refractivity contribution >= 4 is 40.4 Å². The number of halogens is 1. The number of thiocarbonyl (C=S) groups is 1. The molecule has 2 aromatic rings. The van der Waals surface area contributed by atoms with Crippen molar-refractivity contribution in [3.63, 3.8) is 0 Å². The van der Waals surface area contributed by atoms with Gasteiger partial charge in [-0.25, -0.2) is 0 Å². The zero-order valence-electron chi connectivity index (χ0n) is 11.6. The molecule has 0 fully saturated rings. The summed E-state index contributed by atoms with van der Waals surface area (Å²) < 4.78 is 0. The Labute approximate surface area is 133 Å². The Hall–Kier alpha value is -1.98. The molecular weight excluding hydrogens is 306 g/mol. The summed E-state index contributed by atoms with van der Waals surface area (Å²) in [7, 11) is 0. The quantitative estimate of drug-likeness (QED) is 0.852. The normalized spacial score (nSPS) is 10.2. The first kappa shape index (κ1) is 15.4. The fourth-order valence-corrected chi connectivity index (χ4v) is 2.18. The van der Waals surface area contributed by atoms with Crippen LogP contribution in [-0.4, -0.2) is 15.9 Å². The number of pyridine rings is 1. The molecule has 0 saturated heterocycles. The molecule has 2 rings (SSSR count). The average Bonchev–Trinajstić information content (AvgIpc) is 2.40. The molecule has 108 valence electrons. The van der Waals surface area contributed by atoms with Gasteiger partial charge in [-0.1, -0.05) is 29.9 Å². The smallest absolute Gasteiger partial charge is 0.257 e. The van der Waals surface area contributed by atoms with E-state index in [1.807, 2.05) is 6.92 Å². The second-order valence-electron chi connectivity index (χ2n) is 4.60. The zero-order valence-corrected chi connectivity index (χ0v) is 13.2. The summed E-state index contributed by atoms with van der Waals surface area (Å²) in [4.78, 5) is 16.8. The highest BCUT2D eigenvalue weighted by Gasteiger charge is 2.13. The van der Waals surface area contributed by atoms with E-state index in [0.29, 0.717) is 27.5 Å². The molecule has 3 N–H and O–H groups in total. The molecule has 0 aliphatic carbocycles. The first-order valence-corrected chi connectivity index (χ1v) is 7.02. The number of hydrogen-bond donors (Lipinski definition) is 2. The van der Waals surface area contributed by atoms with Crippen LogP contribution < -0.4 is 11.1 Å². The van der Waals surface area contributed by atoms with E-state index >= 15 is 0 Å². The van der Waals surface area contributed by atoms with E-state index in [-0.39, 0.29) is 10.9 Å². The number of benzene rings is 1. The SMILES string of the molecule is Cc1ccc(C(=O)Nc2cc(C(N)=S)ccc2Cl)c(C)n1. The van der Waals surface area contributed by atoms with Crippen LogP contribution in [-0.2, 0) is 0 Å². The molecule has 0 aliphatic heterocycles. The van der Waals surface area contributed by atoms with Crippen LogP contribution in [0.25, 0.3) is 0 Å². The van der Waals surface area contributed by atoms with Gasteiger partial charge in [0.15, 0.2) is 0 Å². The Balaban J connectivity index is 2.31. The average molecular weight is 320 g/mol. The zero-order chi connectivity index (χ0) is 15.6. The lowest BCUT2D eigenvalue weighted by Crippen LogP contribution is -2.16. The van der Waals surface area contributed by atoms with Gasteiger partial charge in [-0.05, 0) is 38.1 Å².